The van der Waals surface area contributed by atoms with Gasteiger partial charge >= 0.3 is 6.03 Å². The number of rotatable bonds is 4. The number of piperidine rings is 1. The Morgan fingerprint density at radius 2 is 1.80 bits per heavy atom. The van der Waals surface area contributed by atoms with Gasteiger partial charge in [0.25, 0.3) is 0 Å². The molecule has 6 nitrogen and oxygen atoms in total. The molecule has 25 heavy (non-hydrogen) atoms. The van der Waals surface area contributed by atoms with Gasteiger partial charge in [0.05, 0.1) is 6.54 Å². The summed E-state index contributed by atoms with van der Waals surface area (Å²) >= 11 is 12.3. The molecular weight excluding hydrogens is 365 g/mol. The predicted octanol–water partition coefficient (Wildman–Crippen LogP) is 2.47. The molecule has 0 unspecified atom stereocenters. The average Bonchev–Trinajstić information content (AvgIpc) is 2.93. The first-order valence-corrected chi connectivity index (χ1v) is 9.03. The van der Waals surface area contributed by atoms with Crippen LogP contribution in [0.4, 0.5) is 4.79 Å². The van der Waals surface area contributed by atoms with Gasteiger partial charge < -0.3 is 10.2 Å². The summed E-state index contributed by atoms with van der Waals surface area (Å²) < 4.78 is 0. The van der Waals surface area contributed by atoms with Crippen molar-refractivity contribution in [2.24, 2.45) is 0 Å². The fraction of sp³-hybridized carbons (Fsp3) is 0.471. The first kappa shape index (κ1) is 18.0. The van der Waals surface area contributed by atoms with Gasteiger partial charge in [-0.25, -0.2) is 4.79 Å². The van der Waals surface area contributed by atoms with E-state index < -0.39 is 0 Å². The van der Waals surface area contributed by atoms with Crippen LogP contribution in [0.15, 0.2) is 18.2 Å². The van der Waals surface area contributed by atoms with Crippen LogP contribution in [0.5, 0.6) is 0 Å². The fourth-order valence-electron chi connectivity index (χ4n) is 3.34. The summed E-state index contributed by atoms with van der Waals surface area (Å²) in [4.78, 5) is 39.0. The second kappa shape index (κ2) is 7.62. The van der Waals surface area contributed by atoms with E-state index in [4.69, 9.17) is 23.2 Å². The molecule has 2 fully saturated rings. The molecule has 8 heteroatoms. The van der Waals surface area contributed by atoms with Crippen molar-refractivity contribution in [1.29, 1.82) is 0 Å². The van der Waals surface area contributed by atoms with Gasteiger partial charge in [-0.3, -0.25) is 14.5 Å². The molecule has 0 spiro atoms. The van der Waals surface area contributed by atoms with Crippen LogP contribution in [0.3, 0.4) is 0 Å². The van der Waals surface area contributed by atoms with Crippen molar-refractivity contribution in [3.05, 3.63) is 33.8 Å². The molecule has 2 aliphatic heterocycles. The molecule has 0 aromatic heterocycles. The number of likely N-dealkylation sites (tertiary alicyclic amines) is 1. The van der Waals surface area contributed by atoms with Crippen molar-refractivity contribution < 1.29 is 14.4 Å². The van der Waals surface area contributed by atoms with Gasteiger partial charge in [-0.15, -0.1) is 0 Å². The smallest absolute Gasteiger partial charge is 0.324 e. The third-order valence-electron chi connectivity index (χ3n) is 4.71. The fourth-order valence-corrected chi connectivity index (χ4v) is 3.93. The summed E-state index contributed by atoms with van der Waals surface area (Å²) in [5.41, 5.74) is 0.786. The Labute approximate surface area is 156 Å². The van der Waals surface area contributed by atoms with Crippen LogP contribution < -0.4 is 5.32 Å². The Morgan fingerprint density at radius 3 is 2.36 bits per heavy atom. The molecule has 134 valence electrons. The highest BCUT2D eigenvalue weighted by molar-refractivity contribution is 6.36. The summed E-state index contributed by atoms with van der Waals surface area (Å²) in [5.74, 6) is -0.158. The van der Waals surface area contributed by atoms with Gasteiger partial charge in [0.15, 0.2) is 0 Å². The van der Waals surface area contributed by atoms with Crippen LogP contribution in [0.2, 0.25) is 10.0 Å². The SMILES string of the molecule is O=C(CCc1c(Cl)cccc1Cl)N1CCC(N2C(=O)CNC2=O)CC1. The van der Waals surface area contributed by atoms with Gasteiger partial charge in [-0.1, -0.05) is 29.3 Å². The molecule has 2 aliphatic rings. The molecule has 0 bridgehead atoms. The zero-order valence-corrected chi connectivity index (χ0v) is 15.1. The number of hydrogen-bond donors (Lipinski definition) is 1. The maximum Gasteiger partial charge on any atom is 0.324 e. The quantitative estimate of drug-likeness (QED) is 0.811. The van der Waals surface area contributed by atoms with Crippen LogP contribution in [0.25, 0.3) is 0 Å². The molecule has 2 heterocycles. The van der Waals surface area contributed by atoms with Gasteiger partial charge in [-0.05, 0) is 37.0 Å². The van der Waals surface area contributed by atoms with E-state index in [0.717, 1.165) is 5.56 Å². The number of amides is 4. The number of nitrogens with zero attached hydrogens (tertiary/aromatic N) is 2. The zero-order valence-electron chi connectivity index (χ0n) is 13.6. The monoisotopic (exact) mass is 383 g/mol. The molecule has 0 radical (unpaired) electrons. The first-order valence-electron chi connectivity index (χ1n) is 8.28. The van der Waals surface area contributed by atoms with E-state index in [0.29, 0.717) is 48.8 Å². The molecule has 0 aliphatic carbocycles. The van der Waals surface area contributed by atoms with E-state index in [-0.39, 0.29) is 30.4 Å². The van der Waals surface area contributed by atoms with Crippen LogP contribution in [0, 0.1) is 0 Å². The third-order valence-corrected chi connectivity index (χ3v) is 5.42. The topological polar surface area (TPSA) is 69.7 Å². The van der Waals surface area contributed by atoms with Gasteiger partial charge in [0.1, 0.15) is 0 Å². The standard InChI is InChI=1S/C17H19Cl2N3O3/c18-13-2-1-3-14(19)12(13)4-5-15(23)21-8-6-11(7-9-21)22-16(24)10-20-17(22)25/h1-3,11H,4-10H2,(H,20,25). The van der Waals surface area contributed by atoms with Crippen molar-refractivity contribution in [3.8, 4) is 0 Å². The molecule has 0 atom stereocenters. The Bertz CT molecular complexity index is 666. The molecule has 3 rings (SSSR count). The van der Waals surface area contributed by atoms with E-state index in [9.17, 15) is 14.4 Å². The highest BCUT2D eigenvalue weighted by Crippen LogP contribution is 2.26. The number of halogens is 2. The first-order chi connectivity index (χ1) is 12.0. The van der Waals surface area contributed by atoms with Crippen LogP contribution in [-0.2, 0) is 16.0 Å². The predicted molar refractivity (Wildman–Crippen MR) is 94.6 cm³/mol. The zero-order chi connectivity index (χ0) is 18.0. The molecule has 2 saturated heterocycles. The maximum absolute atomic E-state index is 12.4. The van der Waals surface area contributed by atoms with Gasteiger partial charge in [0.2, 0.25) is 11.8 Å². The summed E-state index contributed by atoms with van der Waals surface area (Å²) in [5, 5.41) is 3.67. The molecule has 1 N–H and O–H groups in total. The van der Waals surface area contributed by atoms with E-state index >= 15 is 0 Å². The Kier molecular flexibility index (Phi) is 5.49. The second-order valence-electron chi connectivity index (χ2n) is 6.23. The van der Waals surface area contributed by atoms with E-state index in [1.165, 1.54) is 4.90 Å². The lowest BCUT2D eigenvalue weighted by Crippen LogP contribution is -2.49. The Morgan fingerprint density at radius 1 is 1.16 bits per heavy atom. The number of benzene rings is 1. The minimum absolute atomic E-state index is 0.0339. The maximum atomic E-state index is 12.4. The third kappa shape index (κ3) is 3.90. The average molecular weight is 384 g/mol. The lowest BCUT2D eigenvalue weighted by molar-refractivity contribution is -0.133. The molecule has 4 amide bonds. The normalized spacial score (nSPS) is 18.6. The highest BCUT2D eigenvalue weighted by atomic mass is 35.5. The lowest BCUT2D eigenvalue weighted by Gasteiger charge is -2.35. The van der Waals surface area contributed by atoms with Gasteiger partial charge in [-0.2, -0.15) is 0 Å². The number of imide groups is 1. The largest absolute Gasteiger partial charge is 0.343 e. The van der Waals surface area contributed by atoms with Crippen molar-refractivity contribution >= 4 is 41.0 Å². The van der Waals surface area contributed by atoms with E-state index in [1.54, 1.807) is 23.1 Å². The van der Waals surface area contributed by atoms with Gasteiger partial charge in [0, 0.05) is 35.6 Å². The Balaban J connectivity index is 1.52. The summed E-state index contributed by atoms with van der Waals surface area (Å²) in [7, 11) is 0. The second-order valence-corrected chi connectivity index (χ2v) is 7.05. The summed E-state index contributed by atoms with van der Waals surface area (Å²) in [6.07, 6.45) is 2.04. The summed E-state index contributed by atoms with van der Waals surface area (Å²) in [6, 6.07) is 4.84. The highest BCUT2D eigenvalue weighted by Gasteiger charge is 2.37. The number of carbonyl (C=O) groups is 3. The molecule has 1 aromatic carbocycles. The van der Waals surface area contributed by atoms with E-state index in [2.05, 4.69) is 5.32 Å². The number of hydrogen-bond acceptors (Lipinski definition) is 3. The molecule has 0 saturated carbocycles. The Hall–Kier alpha value is -1.79. The van der Waals surface area contributed by atoms with Crippen molar-refractivity contribution in [2.45, 2.75) is 31.7 Å². The lowest BCUT2D eigenvalue weighted by atomic mass is 10.0. The summed E-state index contributed by atoms with van der Waals surface area (Å²) in [6.45, 7) is 1.14. The minimum Gasteiger partial charge on any atom is -0.343 e. The van der Waals surface area contributed by atoms with E-state index in [1.807, 2.05) is 0 Å². The minimum atomic E-state index is -0.330. The van der Waals surface area contributed by atoms with Crippen LogP contribution in [-0.4, -0.2) is 53.3 Å². The van der Waals surface area contributed by atoms with Crippen LogP contribution in [0.1, 0.15) is 24.8 Å². The van der Waals surface area contributed by atoms with Crippen molar-refractivity contribution in [2.75, 3.05) is 19.6 Å². The van der Waals surface area contributed by atoms with Crippen molar-refractivity contribution in [1.82, 2.24) is 15.1 Å². The molecular formula is C17H19Cl2N3O3. The molecule has 1 aromatic rings. The number of carbonyl (C=O) groups excluding carboxylic acids is 3. The van der Waals surface area contributed by atoms with Crippen molar-refractivity contribution in [3.63, 3.8) is 0 Å². The number of nitrogens with one attached hydrogen (secondary N) is 1. The number of urea groups is 1. The van der Waals surface area contributed by atoms with Crippen LogP contribution >= 0.6 is 23.2 Å².